The van der Waals surface area contributed by atoms with Crippen molar-refractivity contribution < 1.29 is 14.5 Å². The van der Waals surface area contributed by atoms with Gasteiger partial charge < -0.3 is 15.4 Å². The molecule has 2 atom stereocenters. The molecule has 1 aromatic carbocycles. The van der Waals surface area contributed by atoms with Crippen LogP contribution in [0.15, 0.2) is 24.3 Å². The van der Waals surface area contributed by atoms with Crippen LogP contribution in [0.3, 0.4) is 0 Å². The van der Waals surface area contributed by atoms with E-state index in [9.17, 15) is 14.9 Å². The molecule has 0 saturated heterocycles. The van der Waals surface area contributed by atoms with Crippen LogP contribution < -0.4 is 15.4 Å². The Balaban J connectivity index is 1.62. The summed E-state index contributed by atoms with van der Waals surface area (Å²) in [5, 5.41) is 16.0. The molecule has 1 fully saturated rings. The fraction of sp³-hybridized carbons (Fsp3) is 0.462. The minimum Gasteiger partial charge on any atom is -0.492 e. The third kappa shape index (κ3) is 4.11. The van der Waals surface area contributed by atoms with Crippen molar-refractivity contribution in [2.24, 2.45) is 5.92 Å². The van der Waals surface area contributed by atoms with E-state index >= 15 is 0 Å². The topological polar surface area (TPSA) is 93.5 Å². The summed E-state index contributed by atoms with van der Waals surface area (Å²) in [5.41, 5.74) is 0.0217. The maximum atomic E-state index is 11.4. The van der Waals surface area contributed by atoms with Gasteiger partial charge in [-0.05, 0) is 24.5 Å². The van der Waals surface area contributed by atoms with Crippen LogP contribution in [0.25, 0.3) is 0 Å². The molecule has 1 saturated carbocycles. The fourth-order valence-corrected chi connectivity index (χ4v) is 1.74. The number of benzene rings is 1. The molecule has 2 rings (SSSR count). The predicted octanol–water partition coefficient (Wildman–Crippen LogP) is 1.68. The van der Waals surface area contributed by atoms with Crippen molar-refractivity contribution in [2.75, 3.05) is 13.2 Å². The van der Waals surface area contributed by atoms with E-state index in [2.05, 4.69) is 17.6 Å². The van der Waals surface area contributed by atoms with Gasteiger partial charge in [-0.1, -0.05) is 6.92 Å². The van der Waals surface area contributed by atoms with E-state index in [1.807, 2.05) is 0 Å². The van der Waals surface area contributed by atoms with Crippen molar-refractivity contribution in [1.82, 2.24) is 10.6 Å². The van der Waals surface area contributed by atoms with E-state index in [0.717, 1.165) is 6.42 Å². The number of nitro benzene ring substituents is 1. The number of non-ortho nitro benzene ring substituents is 1. The molecule has 1 aromatic rings. The molecular weight excluding hydrogens is 262 g/mol. The van der Waals surface area contributed by atoms with Gasteiger partial charge in [0.1, 0.15) is 12.4 Å². The standard InChI is InChI=1S/C13H17N3O4/c1-9-8-12(9)15-13(17)14-6-7-20-11-4-2-10(3-5-11)16(18)19/h2-5,9,12H,6-8H2,1H3,(H2,14,15,17)/t9-,12+/m1/s1. The lowest BCUT2D eigenvalue weighted by Crippen LogP contribution is -2.39. The first-order valence-corrected chi connectivity index (χ1v) is 6.48. The Bertz CT molecular complexity index is 489. The molecule has 2 N–H and O–H groups in total. The number of amides is 2. The van der Waals surface area contributed by atoms with Crippen molar-refractivity contribution in [3.63, 3.8) is 0 Å². The Morgan fingerprint density at radius 3 is 2.65 bits per heavy atom. The maximum absolute atomic E-state index is 11.4. The van der Waals surface area contributed by atoms with E-state index < -0.39 is 4.92 Å². The largest absolute Gasteiger partial charge is 0.492 e. The molecule has 2 amide bonds. The normalized spacial score (nSPS) is 20.1. The maximum Gasteiger partial charge on any atom is 0.315 e. The van der Waals surface area contributed by atoms with Crippen LogP contribution in [0.2, 0.25) is 0 Å². The number of nitrogens with one attached hydrogen (secondary N) is 2. The summed E-state index contributed by atoms with van der Waals surface area (Å²) in [5.74, 6) is 1.10. The van der Waals surface area contributed by atoms with Gasteiger partial charge in [0, 0.05) is 18.2 Å². The summed E-state index contributed by atoms with van der Waals surface area (Å²) in [6.07, 6.45) is 1.03. The molecule has 0 bridgehead atoms. The molecule has 0 heterocycles. The predicted molar refractivity (Wildman–Crippen MR) is 72.7 cm³/mol. The Hall–Kier alpha value is -2.31. The number of nitrogens with zero attached hydrogens (tertiary/aromatic N) is 1. The van der Waals surface area contributed by atoms with Crippen LogP contribution >= 0.6 is 0 Å². The average Bonchev–Trinajstić information content (AvgIpc) is 3.10. The number of rotatable bonds is 6. The highest BCUT2D eigenvalue weighted by atomic mass is 16.6. The SMILES string of the molecule is C[C@@H]1C[C@@H]1NC(=O)NCCOc1ccc([N+](=O)[O-])cc1. The zero-order valence-electron chi connectivity index (χ0n) is 11.2. The van der Waals surface area contributed by atoms with Gasteiger partial charge >= 0.3 is 6.03 Å². The monoisotopic (exact) mass is 279 g/mol. The van der Waals surface area contributed by atoms with E-state index in [0.29, 0.717) is 30.9 Å². The second-order valence-corrected chi connectivity index (χ2v) is 4.82. The summed E-state index contributed by atoms with van der Waals surface area (Å²) in [6.45, 7) is 2.78. The number of nitro groups is 1. The lowest BCUT2D eigenvalue weighted by Gasteiger charge is -2.08. The number of ether oxygens (including phenoxy) is 1. The molecule has 0 aromatic heterocycles. The molecule has 7 heteroatoms. The molecule has 0 unspecified atom stereocenters. The van der Waals surface area contributed by atoms with Crippen LogP contribution in [0.5, 0.6) is 5.75 Å². The van der Waals surface area contributed by atoms with Gasteiger partial charge in [-0.2, -0.15) is 0 Å². The van der Waals surface area contributed by atoms with E-state index in [-0.39, 0.29) is 11.7 Å². The van der Waals surface area contributed by atoms with Gasteiger partial charge in [-0.15, -0.1) is 0 Å². The lowest BCUT2D eigenvalue weighted by molar-refractivity contribution is -0.384. The zero-order valence-corrected chi connectivity index (χ0v) is 11.2. The Labute approximate surface area is 116 Å². The summed E-state index contributed by atoms with van der Waals surface area (Å²) < 4.78 is 5.37. The third-order valence-corrected chi connectivity index (χ3v) is 3.13. The number of hydrogen-bond donors (Lipinski definition) is 2. The average molecular weight is 279 g/mol. The zero-order chi connectivity index (χ0) is 14.5. The Morgan fingerprint density at radius 1 is 1.45 bits per heavy atom. The van der Waals surface area contributed by atoms with Gasteiger partial charge in [0.15, 0.2) is 0 Å². The van der Waals surface area contributed by atoms with E-state index in [1.165, 1.54) is 24.3 Å². The van der Waals surface area contributed by atoms with Crippen molar-refractivity contribution >= 4 is 11.7 Å². The summed E-state index contributed by atoms with van der Waals surface area (Å²) >= 11 is 0. The highest BCUT2D eigenvalue weighted by Crippen LogP contribution is 2.28. The molecule has 0 aliphatic heterocycles. The van der Waals surface area contributed by atoms with Gasteiger partial charge in [0.25, 0.3) is 5.69 Å². The second-order valence-electron chi connectivity index (χ2n) is 4.82. The van der Waals surface area contributed by atoms with Crippen molar-refractivity contribution in [2.45, 2.75) is 19.4 Å². The summed E-state index contributed by atoms with van der Waals surface area (Å²) in [7, 11) is 0. The molecule has 0 radical (unpaired) electrons. The third-order valence-electron chi connectivity index (χ3n) is 3.13. The van der Waals surface area contributed by atoms with Crippen molar-refractivity contribution in [3.05, 3.63) is 34.4 Å². The number of carbonyl (C=O) groups excluding carboxylic acids is 1. The van der Waals surface area contributed by atoms with E-state index in [4.69, 9.17) is 4.74 Å². The molecular formula is C13H17N3O4. The van der Waals surface area contributed by atoms with Crippen molar-refractivity contribution in [1.29, 1.82) is 0 Å². The Kier molecular flexibility index (Phi) is 4.39. The first kappa shape index (κ1) is 14.1. The summed E-state index contributed by atoms with van der Waals surface area (Å²) in [6, 6.07) is 5.93. The van der Waals surface area contributed by atoms with Crippen molar-refractivity contribution in [3.8, 4) is 5.75 Å². The van der Waals surface area contributed by atoms with Crippen LogP contribution in [0, 0.1) is 16.0 Å². The fourth-order valence-electron chi connectivity index (χ4n) is 1.74. The molecule has 1 aliphatic carbocycles. The van der Waals surface area contributed by atoms with Crippen LogP contribution in [-0.2, 0) is 0 Å². The number of urea groups is 1. The molecule has 0 spiro atoms. The van der Waals surface area contributed by atoms with Crippen LogP contribution in [-0.4, -0.2) is 30.1 Å². The Morgan fingerprint density at radius 2 is 2.10 bits per heavy atom. The highest BCUT2D eigenvalue weighted by molar-refractivity contribution is 5.74. The van der Waals surface area contributed by atoms with Crippen LogP contribution in [0.1, 0.15) is 13.3 Å². The van der Waals surface area contributed by atoms with Gasteiger partial charge in [-0.25, -0.2) is 4.79 Å². The lowest BCUT2D eigenvalue weighted by atomic mass is 10.3. The first-order valence-electron chi connectivity index (χ1n) is 6.48. The minimum atomic E-state index is -0.464. The quantitative estimate of drug-likeness (QED) is 0.470. The van der Waals surface area contributed by atoms with Gasteiger partial charge in [0.05, 0.1) is 11.5 Å². The first-order chi connectivity index (χ1) is 9.56. The molecule has 108 valence electrons. The second kappa shape index (κ2) is 6.23. The highest BCUT2D eigenvalue weighted by Gasteiger charge is 2.33. The number of carbonyl (C=O) groups is 1. The smallest absolute Gasteiger partial charge is 0.315 e. The number of hydrogen-bond acceptors (Lipinski definition) is 4. The molecule has 7 nitrogen and oxygen atoms in total. The van der Waals surface area contributed by atoms with Crippen LogP contribution in [0.4, 0.5) is 10.5 Å². The van der Waals surface area contributed by atoms with E-state index in [1.54, 1.807) is 0 Å². The molecule has 20 heavy (non-hydrogen) atoms. The van der Waals surface area contributed by atoms with Gasteiger partial charge in [0.2, 0.25) is 0 Å². The van der Waals surface area contributed by atoms with Gasteiger partial charge in [-0.3, -0.25) is 10.1 Å². The summed E-state index contributed by atoms with van der Waals surface area (Å²) in [4.78, 5) is 21.4. The molecule has 1 aliphatic rings. The minimum absolute atomic E-state index is 0.0217.